The highest BCUT2D eigenvalue weighted by molar-refractivity contribution is 7.99. The standard InChI is InChI=1S/C17H23N5OS/c1-22-9-8-18-17(22)24-13-6-4-12(5-7-13)19-16(23)15-10-14(20-21-15)11-2-3-11/h8-13H,2-7H2,1H3,(H,19,23)(H,20,21). The summed E-state index contributed by atoms with van der Waals surface area (Å²) in [5.41, 5.74) is 1.64. The van der Waals surface area contributed by atoms with Crippen molar-refractivity contribution in [3.8, 4) is 0 Å². The molecule has 2 saturated carbocycles. The first-order chi connectivity index (χ1) is 11.7. The average molecular weight is 345 g/mol. The number of imidazole rings is 1. The number of nitrogens with one attached hydrogen (secondary N) is 2. The van der Waals surface area contributed by atoms with Gasteiger partial charge in [0.15, 0.2) is 5.16 Å². The van der Waals surface area contributed by atoms with Crippen molar-refractivity contribution in [3.63, 3.8) is 0 Å². The van der Waals surface area contributed by atoms with E-state index in [1.165, 1.54) is 12.8 Å². The lowest BCUT2D eigenvalue weighted by atomic mass is 9.95. The second kappa shape index (κ2) is 6.63. The summed E-state index contributed by atoms with van der Waals surface area (Å²) in [5.74, 6) is 0.552. The minimum absolute atomic E-state index is 0.0432. The maximum Gasteiger partial charge on any atom is 0.271 e. The van der Waals surface area contributed by atoms with E-state index in [2.05, 4.69) is 25.1 Å². The molecular formula is C17H23N5OS. The molecule has 0 radical (unpaired) electrons. The van der Waals surface area contributed by atoms with Gasteiger partial charge in [0.05, 0.1) is 0 Å². The van der Waals surface area contributed by atoms with Gasteiger partial charge in [-0.15, -0.1) is 0 Å². The lowest BCUT2D eigenvalue weighted by molar-refractivity contribution is 0.0923. The average Bonchev–Trinajstić information content (AvgIpc) is 3.17. The van der Waals surface area contributed by atoms with Crippen molar-refractivity contribution in [1.82, 2.24) is 25.1 Å². The van der Waals surface area contributed by atoms with Gasteiger partial charge in [-0.1, -0.05) is 11.8 Å². The van der Waals surface area contributed by atoms with E-state index in [0.29, 0.717) is 16.9 Å². The molecule has 2 aliphatic carbocycles. The fourth-order valence-electron chi connectivity index (χ4n) is 3.26. The Bertz CT molecular complexity index is 712. The highest BCUT2D eigenvalue weighted by Gasteiger charge is 2.28. The number of carbonyl (C=O) groups excluding carboxylic acids is 1. The Morgan fingerprint density at radius 2 is 2.08 bits per heavy atom. The van der Waals surface area contributed by atoms with Crippen LogP contribution >= 0.6 is 11.8 Å². The summed E-state index contributed by atoms with van der Waals surface area (Å²) in [6.07, 6.45) is 10.5. The van der Waals surface area contributed by atoms with Gasteiger partial charge in [-0.05, 0) is 44.6 Å². The van der Waals surface area contributed by atoms with Crippen LogP contribution in [0, 0.1) is 0 Å². The number of H-pyrrole nitrogens is 1. The van der Waals surface area contributed by atoms with E-state index in [4.69, 9.17) is 0 Å². The van der Waals surface area contributed by atoms with Gasteiger partial charge in [-0.2, -0.15) is 5.10 Å². The molecule has 2 aromatic heterocycles. The Morgan fingerprint density at radius 1 is 1.29 bits per heavy atom. The first kappa shape index (κ1) is 15.7. The quantitative estimate of drug-likeness (QED) is 0.874. The lowest BCUT2D eigenvalue weighted by Gasteiger charge is -2.28. The van der Waals surface area contributed by atoms with Crippen molar-refractivity contribution in [1.29, 1.82) is 0 Å². The molecular weight excluding hydrogens is 322 g/mol. The molecule has 4 rings (SSSR count). The van der Waals surface area contributed by atoms with Gasteiger partial charge < -0.3 is 9.88 Å². The SMILES string of the molecule is Cn1ccnc1SC1CCC(NC(=O)c2cc(C3CC3)[nH]n2)CC1. The molecule has 2 N–H and O–H groups in total. The van der Waals surface area contributed by atoms with Crippen molar-refractivity contribution in [2.45, 2.75) is 60.9 Å². The lowest BCUT2D eigenvalue weighted by Crippen LogP contribution is -2.38. The van der Waals surface area contributed by atoms with E-state index in [9.17, 15) is 4.79 Å². The molecule has 2 heterocycles. The van der Waals surface area contributed by atoms with Crippen LogP contribution in [0.2, 0.25) is 0 Å². The summed E-state index contributed by atoms with van der Waals surface area (Å²) < 4.78 is 2.06. The normalized spacial score (nSPS) is 24.0. The van der Waals surface area contributed by atoms with E-state index in [-0.39, 0.29) is 11.9 Å². The predicted octanol–water partition coefficient (Wildman–Crippen LogP) is 2.85. The molecule has 1 amide bonds. The number of hydrogen-bond acceptors (Lipinski definition) is 4. The Morgan fingerprint density at radius 3 is 2.75 bits per heavy atom. The monoisotopic (exact) mass is 345 g/mol. The van der Waals surface area contributed by atoms with Crippen LogP contribution in [0.3, 0.4) is 0 Å². The van der Waals surface area contributed by atoms with E-state index in [1.807, 2.05) is 37.3 Å². The minimum atomic E-state index is -0.0432. The Balaban J connectivity index is 1.26. The van der Waals surface area contributed by atoms with Gasteiger partial charge in [0.25, 0.3) is 5.91 Å². The molecule has 0 atom stereocenters. The fourth-order valence-corrected chi connectivity index (χ4v) is 4.41. The Kier molecular flexibility index (Phi) is 4.35. The Hall–Kier alpha value is -1.76. The van der Waals surface area contributed by atoms with Crippen LogP contribution in [0.25, 0.3) is 0 Å². The zero-order valence-electron chi connectivity index (χ0n) is 13.9. The van der Waals surface area contributed by atoms with Crippen molar-refractivity contribution in [3.05, 3.63) is 29.8 Å². The zero-order chi connectivity index (χ0) is 16.5. The third-order valence-electron chi connectivity index (χ3n) is 4.91. The summed E-state index contributed by atoms with van der Waals surface area (Å²) in [5, 5.41) is 12.0. The smallest absolute Gasteiger partial charge is 0.271 e. The molecule has 2 aromatic rings. The number of aryl methyl sites for hydroxylation is 1. The molecule has 0 saturated heterocycles. The van der Waals surface area contributed by atoms with Crippen molar-refractivity contribution >= 4 is 17.7 Å². The van der Waals surface area contributed by atoms with Crippen LogP contribution < -0.4 is 5.32 Å². The molecule has 0 aliphatic heterocycles. The summed E-state index contributed by atoms with van der Waals surface area (Å²) in [7, 11) is 2.03. The summed E-state index contributed by atoms with van der Waals surface area (Å²) in [6.45, 7) is 0. The van der Waals surface area contributed by atoms with Crippen LogP contribution in [0.4, 0.5) is 0 Å². The van der Waals surface area contributed by atoms with Gasteiger partial charge in [-0.25, -0.2) is 4.98 Å². The van der Waals surface area contributed by atoms with Crippen LogP contribution in [-0.2, 0) is 7.05 Å². The molecule has 0 aromatic carbocycles. The predicted molar refractivity (Wildman–Crippen MR) is 93.1 cm³/mol. The number of hydrogen-bond donors (Lipinski definition) is 2. The number of aromatic amines is 1. The molecule has 2 aliphatic rings. The van der Waals surface area contributed by atoms with Crippen molar-refractivity contribution in [2.24, 2.45) is 7.05 Å². The first-order valence-corrected chi connectivity index (χ1v) is 9.57. The molecule has 0 spiro atoms. The third-order valence-corrected chi connectivity index (χ3v) is 6.31. The van der Waals surface area contributed by atoms with Gasteiger partial charge in [0, 0.05) is 42.3 Å². The largest absolute Gasteiger partial charge is 0.348 e. The molecule has 2 fully saturated rings. The third kappa shape index (κ3) is 3.50. The summed E-state index contributed by atoms with van der Waals surface area (Å²) >= 11 is 1.85. The van der Waals surface area contributed by atoms with E-state index < -0.39 is 0 Å². The second-order valence-corrected chi connectivity index (χ2v) is 8.14. The summed E-state index contributed by atoms with van der Waals surface area (Å²) in [4.78, 5) is 16.7. The molecule has 0 bridgehead atoms. The van der Waals surface area contributed by atoms with Crippen molar-refractivity contribution < 1.29 is 4.79 Å². The Labute approximate surface area is 145 Å². The van der Waals surface area contributed by atoms with E-state index in [1.54, 1.807) is 0 Å². The summed E-state index contributed by atoms with van der Waals surface area (Å²) in [6, 6.07) is 2.17. The van der Waals surface area contributed by atoms with Gasteiger partial charge in [0.2, 0.25) is 0 Å². The molecule has 128 valence electrons. The fraction of sp³-hybridized carbons (Fsp3) is 0.588. The first-order valence-electron chi connectivity index (χ1n) is 8.69. The maximum atomic E-state index is 12.3. The second-order valence-electron chi connectivity index (χ2n) is 6.87. The molecule has 6 nitrogen and oxygen atoms in total. The van der Waals surface area contributed by atoms with E-state index >= 15 is 0 Å². The highest BCUT2D eigenvalue weighted by Crippen LogP contribution is 2.39. The number of carbonyl (C=O) groups is 1. The van der Waals surface area contributed by atoms with Gasteiger partial charge >= 0.3 is 0 Å². The maximum absolute atomic E-state index is 12.3. The van der Waals surface area contributed by atoms with E-state index in [0.717, 1.165) is 36.5 Å². The number of nitrogens with zero attached hydrogens (tertiary/aromatic N) is 3. The van der Waals surface area contributed by atoms with Gasteiger partial charge in [-0.3, -0.25) is 9.89 Å². The molecule has 7 heteroatoms. The number of amides is 1. The number of rotatable bonds is 5. The van der Waals surface area contributed by atoms with Crippen LogP contribution in [0.5, 0.6) is 0 Å². The number of aromatic nitrogens is 4. The van der Waals surface area contributed by atoms with Crippen LogP contribution in [-0.4, -0.2) is 36.9 Å². The van der Waals surface area contributed by atoms with Crippen LogP contribution in [0.15, 0.2) is 23.6 Å². The van der Waals surface area contributed by atoms with Crippen LogP contribution in [0.1, 0.15) is 60.6 Å². The zero-order valence-corrected chi connectivity index (χ0v) is 14.7. The minimum Gasteiger partial charge on any atom is -0.348 e. The van der Waals surface area contributed by atoms with Crippen molar-refractivity contribution in [2.75, 3.05) is 0 Å². The highest BCUT2D eigenvalue weighted by atomic mass is 32.2. The topological polar surface area (TPSA) is 75.6 Å². The number of thioether (sulfide) groups is 1. The molecule has 0 unspecified atom stereocenters. The molecule has 24 heavy (non-hydrogen) atoms. The van der Waals surface area contributed by atoms with Gasteiger partial charge in [0.1, 0.15) is 5.69 Å².